The van der Waals surface area contributed by atoms with Crippen molar-refractivity contribution >= 4 is 27.8 Å². The summed E-state index contributed by atoms with van der Waals surface area (Å²) in [6.45, 7) is 3.03. The van der Waals surface area contributed by atoms with E-state index >= 15 is 0 Å². The predicted octanol–water partition coefficient (Wildman–Crippen LogP) is 2.79. The maximum absolute atomic E-state index is 12.4. The summed E-state index contributed by atoms with van der Waals surface area (Å²) in [5.74, 6) is -0.510. The van der Waals surface area contributed by atoms with Crippen LogP contribution in [0.4, 0.5) is 0 Å². The minimum Gasteiger partial charge on any atom is -0.464 e. The van der Waals surface area contributed by atoms with Gasteiger partial charge in [0.05, 0.1) is 6.61 Å². The van der Waals surface area contributed by atoms with Crippen LogP contribution in [0, 0.1) is 0 Å². The summed E-state index contributed by atoms with van der Waals surface area (Å²) >= 11 is 3.29. The van der Waals surface area contributed by atoms with E-state index in [-0.39, 0.29) is 11.9 Å². The lowest BCUT2D eigenvalue weighted by Gasteiger charge is -2.22. The van der Waals surface area contributed by atoms with Crippen molar-refractivity contribution in [1.29, 1.82) is 0 Å². The van der Waals surface area contributed by atoms with Gasteiger partial charge in [-0.25, -0.2) is 9.78 Å². The van der Waals surface area contributed by atoms with Crippen molar-refractivity contribution in [3.63, 3.8) is 0 Å². The first-order valence-corrected chi connectivity index (χ1v) is 8.02. The van der Waals surface area contributed by atoms with Gasteiger partial charge in [-0.15, -0.1) is 0 Å². The molecule has 0 saturated carbocycles. The molecule has 114 valence electrons. The van der Waals surface area contributed by atoms with Crippen molar-refractivity contribution < 1.29 is 14.3 Å². The normalized spacial score (nSPS) is 17.8. The lowest BCUT2D eigenvalue weighted by molar-refractivity contribution is -0.148. The second-order valence-corrected chi connectivity index (χ2v) is 5.95. The van der Waals surface area contributed by atoms with Gasteiger partial charge in [-0.2, -0.15) is 0 Å². The first-order valence-electron chi connectivity index (χ1n) is 7.22. The Kier molecular flexibility index (Phi) is 5.73. The number of carbonyl (C=O) groups is 2. The van der Waals surface area contributed by atoms with E-state index in [2.05, 4.69) is 20.9 Å². The highest BCUT2D eigenvalue weighted by Crippen LogP contribution is 2.21. The number of hydrogen-bond donors (Lipinski definition) is 0. The van der Waals surface area contributed by atoms with Gasteiger partial charge in [0.25, 0.3) is 5.91 Å². The molecule has 0 bridgehead atoms. The summed E-state index contributed by atoms with van der Waals surface area (Å²) in [7, 11) is 0. The highest BCUT2D eigenvalue weighted by molar-refractivity contribution is 9.10. The molecule has 1 saturated heterocycles. The highest BCUT2D eigenvalue weighted by Gasteiger charge is 2.36. The number of unbranched alkanes of at least 4 members (excludes halogenated alkanes) is 1. The van der Waals surface area contributed by atoms with Crippen molar-refractivity contribution in [1.82, 2.24) is 9.88 Å². The van der Waals surface area contributed by atoms with E-state index in [1.165, 1.54) is 0 Å². The number of carbonyl (C=O) groups excluding carboxylic acids is 2. The van der Waals surface area contributed by atoms with Gasteiger partial charge in [0, 0.05) is 17.2 Å². The van der Waals surface area contributed by atoms with E-state index in [0.717, 1.165) is 23.7 Å². The van der Waals surface area contributed by atoms with E-state index in [1.807, 2.05) is 6.92 Å². The molecule has 1 aliphatic heterocycles. The minimum absolute atomic E-state index is 0.211. The Bertz CT molecular complexity index is 504. The zero-order chi connectivity index (χ0) is 15.2. The SMILES string of the molecule is CCCCOC(=O)[C@@H]1CCCN1C(=O)c1ccc(Br)cn1. The average Bonchev–Trinajstić information content (AvgIpc) is 2.97. The molecule has 1 aromatic rings. The van der Waals surface area contributed by atoms with Crippen molar-refractivity contribution in [3.05, 3.63) is 28.5 Å². The maximum atomic E-state index is 12.4. The van der Waals surface area contributed by atoms with E-state index in [0.29, 0.717) is 25.3 Å². The number of rotatable bonds is 5. The second-order valence-electron chi connectivity index (χ2n) is 5.04. The number of likely N-dealkylation sites (tertiary alicyclic amines) is 1. The lowest BCUT2D eigenvalue weighted by Crippen LogP contribution is -2.41. The molecule has 6 heteroatoms. The third kappa shape index (κ3) is 4.03. The van der Waals surface area contributed by atoms with Gasteiger partial charge in [-0.3, -0.25) is 4.79 Å². The van der Waals surface area contributed by atoms with E-state index < -0.39 is 6.04 Å². The number of nitrogens with zero attached hydrogens (tertiary/aromatic N) is 2. The van der Waals surface area contributed by atoms with E-state index in [9.17, 15) is 9.59 Å². The van der Waals surface area contributed by atoms with Crippen molar-refractivity contribution in [2.75, 3.05) is 13.2 Å². The Balaban J connectivity index is 2.02. The first-order chi connectivity index (χ1) is 10.1. The summed E-state index contributed by atoms with van der Waals surface area (Å²) in [5, 5.41) is 0. The third-order valence-electron chi connectivity index (χ3n) is 3.47. The number of aromatic nitrogens is 1. The molecular weight excluding hydrogens is 336 g/mol. The summed E-state index contributed by atoms with van der Waals surface area (Å²) in [4.78, 5) is 30.2. The van der Waals surface area contributed by atoms with Crippen LogP contribution >= 0.6 is 15.9 Å². The van der Waals surface area contributed by atoms with Gasteiger partial charge in [0.15, 0.2) is 0 Å². The van der Waals surface area contributed by atoms with Crippen molar-refractivity contribution in [2.24, 2.45) is 0 Å². The molecule has 1 atom stereocenters. The summed E-state index contributed by atoms with van der Waals surface area (Å²) in [6.07, 6.45) is 4.88. The van der Waals surface area contributed by atoms with Gasteiger partial charge < -0.3 is 9.64 Å². The summed E-state index contributed by atoms with van der Waals surface area (Å²) in [6, 6.07) is 2.95. The van der Waals surface area contributed by atoms with Crippen LogP contribution in [-0.2, 0) is 9.53 Å². The number of hydrogen-bond acceptors (Lipinski definition) is 4. The molecule has 21 heavy (non-hydrogen) atoms. The Labute approximate surface area is 132 Å². The highest BCUT2D eigenvalue weighted by atomic mass is 79.9. The van der Waals surface area contributed by atoms with Crippen molar-refractivity contribution in [3.8, 4) is 0 Å². The number of amides is 1. The van der Waals surface area contributed by atoms with Gasteiger partial charge in [0.2, 0.25) is 0 Å². The fourth-order valence-corrected chi connectivity index (χ4v) is 2.55. The Hall–Kier alpha value is -1.43. The van der Waals surface area contributed by atoms with Crippen molar-refractivity contribution in [2.45, 2.75) is 38.6 Å². The molecule has 1 fully saturated rings. The lowest BCUT2D eigenvalue weighted by atomic mass is 10.2. The Morgan fingerprint density at radius 1 is 1.48 bits per heavy atom. The fourth-order valence-electron chi connectivity index (χ4n) is 2.32. The quantitative estimate of drug-likeness (QED) is 0.602. The molecule has 0 radical (unpaired) electrons. The Morgan fingerprint density at radius 3 is 2.95 bits per heavy atom. The van der Waals surface area contributed by atoms with Crippen LogP contribution < -0.4 is 0 Å². The van der Waals surface area contributed by atoms with Crippen LogP contribution in [0.5, 0.6) is 0 Å². The zero-order valence-electron chi connectivity index (χ0n) is 12.0. The molecule has 1 aliphatic rings. The van der Waals surface area contributed by atoms with Gasteiger partial charge in [-0.05, 0) is 47.3 Å². The summed E-state index contributed by atoms with van der Waals surface area (Å²) in [5.41, 5.74) is 0.353. The minimum atomic E-state index is -0.472. The standard InChI is InChI=1S/C15H19BrN2O3/c1-2-3-9-21-15(20)13-5-4-8-18(13)14(19)12-7-6-11(16)10-17-12/h6-7,10,13H,2-5,8-9H2,1H3/t13-/m0/s1. The van der Waals surface area contributed by atoms with E-state index in [4.69, 9.17) is 4.74 Å². The van der Waals surface area contributed by atoms with Crippen LogP contribution in [0.25, 0.3) is 0 Å². The first kappa shape index (κ1) is 15.9. The molecule has 0 aliphatic carbocycles. The monoisotopic (exact) mass is 354 g/mol. The molecule has 2 heterocycles. The fraction of sp³-hybridized carbons (Fsp3) is 0.533. The van der Waals surface area contributed by atoms with E-state index in [1.54, 1.807) is 23.2 Å². The number of ether oxygens (including phenoxy) is 1. The van der Waals surface area contributed by atoms with Gasteiger partial charge in [-0.1, -0.05) is 13.3 Å². The molecule has 5 nitrogen and oxygen atoms in total. The molecule has 0 spiro atoms. The molecule has 2 rings (SSSR count). The average molecular weight is 355 g/mol. The second kappa shape index (κ2) is 7.54. The zero-order valence-corrected chi connectivity index (χ0v) is 13.6. The van der Waals surface area contributed by atoms with Crippen LogP contribution in [0.1, 0.15) is 43.1 Å². The van der Waals surface area contributed by atoms with Crippen LogP contribution in [0.3, 0.4) is 0 Å². The smallest absolute Gasteiger partial charge is 0.328 e. The molecule has 1 amide bonds. The largest absolute Gasteiger partial charge is 0.464 e. The molecular formula is C15H19BrN2O3. The number of halogens is 1. The van der Waals surface area contributed by atoms with Crippen LogP contribution in [0.2, 0.25) is 0 Å². The molecule has 0 N–H and O–H groups in total. The number of esters is 1. The molecule has 0 aromatic carbocycles. The topological polar surface area (TPSA) is 59.5 Å². The van der Waals surface area contributed by atoms with Gasteiger partial charge >= 0.3 is 5.97 Å². The summed E-state index contributed by atoms with van der Waals surface area (Å²) < 4.78 is 6.06. The maximum Gasteiger partial charge on any atom is 0.328 e. The Morgan fingerprint density at radius 2 is 2.29 bits per heavy atom. The van der Waals surface area contributed by atoms with Gasteiger partial charge in [0.1, 0.15) is 11.7 Å². The third-order valence-corrected chi connectivity index (χ3v) is 3.94. The predicted molar refractivity (Wildman–Crippen MR) is 81.9 cm³/mol. The molecule has 1 aromatic heterocycles. The number of pyridine rings is 1. The van der Waals surface area contributed by atoms with Crippen LogP contribution in [0.15, 0.2) is 22.8 Å². The van der Waals surface area contributed by atoms with Crippen LogP contribution in [-0.4, -0.2) is 41.0 Å². The molecule has 0 unspecified atom stereocenters.